The van der Waals surface area contributed by atoms with E-state index in [1.165, 1.54) is 12.6 Å². The van der Waals surface area contributed by atoms with Crippen LogP contribution in [0.1, 0.15) is 12.8 Å². The molecule has 3 heterocycles. The van der Waals surface area contributed by atoms with E-state index in [4.69, 9.17) is 5.11 Å². The molecule has 10 heteroatoms. The number of piperidine rings is 1. The maximum absolute atomic E-state index is 11.4. The van der Waals surface area contributed by atoms with E-state index < -0.39 is 10.0 Å². The van der Waals surface area contributed by atoms with Crippen LogP contribution in [0, 0.1) is 0 Å². The number of aliphatic hydroxyl groups excluding tert-OH is 1. The summed E-state index contributed by atoms with van der Waals surface area (Å²) in [6.07, 6.45) is 6.02. The SMILES string of the molecule is CS(=O)(=O)N[C@@H]1CCCN(c2ncnc3c2cnn3CCO)C1. The number of nitrogens with one attached hydrogen (secondary N) is 1. The second-order valence-electron chi connectivity index (χ2n) is 5.70. The van der Waals surface area contributed by atoms with Crippen LogP contribution < -0.4 is 9.62 Å². The maximum Gasteiger partial charge on any atom is 0.209 e. The second kappa shape index (κ2) is 6.38. The molecule has 3 rings (SSSR count). The zero-order chi connectivity index (χ0) is 16.4. The molecule has 0 saturated carbocycles. The van der Waals surface area contributed by atoms with Gasteiger partial charge in [-0.05, 0) is 12.8 Å². The van der Waals surface area contributed by atoms with Gasteiger partial charge in [0, 0.05) is 19.1 Å². The maximum atomic E-state index is 11.4. The quantitative estimate of drug-likeness (QED) is 0.742. The minimum Gasteiger partial charge on any atom is -0.394 e. The van der Waals surface area contributed by atoms with Crippen molar-refractivity contribution in [2.45, 2.75) is 25.4 Å². The summed E-state index contributed by atoms with van der Waals surface area (Å²) in [4.78, 5) is 10.6. The highest BCUT2D eigenvalue weighted by molar-refractivity contribution is 7.88. The van der Waals surface area contributed by atoms with E-state index in [-0.39, 0.29) is 12.6 Å². The van der Waals surface area contributed by atoms with Crippen molar-refractivity contribution in [1.82, 2.24) is 24.5 Å². The Morgan fingerprint density at radius 3 is 3.00 bits per heavy atom. The van der Waals surface area contributed by atoms with Gasteiger partial charge in [-0.3, -0.25) is 0 Å². The van der Waals surface area contributed by atoms with Gasteiger partial charge >= 0.3 is 0 Å². The normalized spacial score (nSPS) is 19.4. The van der Waals surface area contributed by atoms with Crippen LogP contribution in [-0.4, -0.2) is 65.3 Å². The van der Waals surface area contributed by atoms with E-state index in [2.05, 4.69) is 24.7 Å². The van der Waals surface area contributed by atoms with Gasteiger partial charge in [-0.25, -0.2) is 27.8 Å². The highest BCUT2D eigenvalue weighted by atomic mass is 32.2. The van der Waals surface area contributed by atoms with Crippen molar-refractivity contribution >= 4 is 26.9 Å². The first kappa shape index (κ1) is 16.1. The lowest BCUT2D eigenvalue weighted by Crippen LogP contribution is -2.47. The summed E-state index contributed by atoms with van der Waals surface area (Å²) in [6, 6.07) is -0.128. The number of hydrogen-bond acceptors (Lipinski definition) is 7. The number of aromatic nitrogens is 4. The molecular weight excluding hydrogens is 320 g/mol. The largest absolute Gasteiger partial charge is 0.394 e. The van der Waals surface area contributed by atoms with Gasteiger partial charge in [0.15, 0.2) is 5.65 Å². The smallest absolute Gasteiger partial charge is 0.209 e. The summed E-state index contributed by atoms with van der Waals surface area (Å²) in [5.74, 6) is 0.749. The molecule has 0 aliphatic carbocycles. The predicted molar refractivity (Wildman–Crippen MR) is 85.6 cm³/mol. The molecule has 1 aliphatic rings. The standard InChI is InChI=1S/C13H20N6O3S/c1-23(21,22)17-10-3-2-4-18(8-10)12-11-7-16-19(5-6-20)13(11)15-9-14-12/h7,9-10,17,20H,2-6,8H2,1H3/t10-/m1/s1. The van der Waals surface area contributed by atoms with E-state index in [9.17, 15) is 8.42 Å². The van der Waals surface area contributed by atoms with Crippen molar-refractivity contribution in [2.24, 2.45) is 0 Å². The summed E-state index contributed by atoms with van der Waals surface area (Å²) >= 11 is 0. The molecule has 1 aliphatic heterocycles. The summed E-state index contributed by atoms with van der Waals surface area (Å²) in [5, 5.41) is 14.1. The summed E-state index contributed by atoms with van der Waals surface area (Å²) in [7, 11) is -3.23. The molecular formula is C13H20N6O3S. The lowest BCUT2D eigenvalue weighted by Gasteiger charge is -2.33. The number of rotatable bonds is 5. The Kier molecular flexibility index (Phi) is 4.46. The number of sulfonamides is 1. The molecule has 9 nitrogen and oxygen atoms in total. The Bertz CT molecular complexity index is 790. The Morgan fingerprint density at radius 1 is 1.43 bits per heavy atom. The molecule has 23 heavy (non-hydrogen) atoms. The molecule has 126 valence electrons. The lowest BCUT2D eigenvalue weighted by molar-refractivity contribution is 0.271. The number of hydrogen-bond donors (Lipinski definition) is 2. The van der Waals surface area contributed by atoms with Crippen LogP contribution >= 0.6 is 0 Å². The van der Waals surface area contributed by atoms with E-state index >= 15 is 0 Å². The van der Waals surface area contributed by atoms with E-state index in [1.54, 1.807) is 10.9 Å². The average molecular weight is 340 g/mol. The zero-order valence-electron chi connectivity index (χ0n) is 12.9. The molecule has 0 bridgehead atoms. The van der Waals surface area contributed by atoms with Crippen LogP contribution in [0.3, 0.4) is 0 Å². The lowest BCUT2D eigenvalue weighted by atomic mass is 10.1. The topological polar surface area (TPSA) is 113 Å². The van der Waals surface area contributed by atoms with E-state index in [0.717, 1.165) is 30.6 Å². The molecule has 2 N–H and O–H groups in total. The zero-order valence-corrected chi connectivity index (χ0v) is 13.7. The van der Waals surface area contributed by atoms with E-state index in [1.807, 2.05) is 0 Å². The van der Waals surface area contributed by atoms with Crippen LogP contribution in [0.5, 0.6) is 0 Å². The molecule has 0 unspecified atom stereocenters. The minimum atomic E-state index is -3.23. The number of aliphatic hydroxyl groups is 1. The molecule has 2 aromatic heterocycles. The highest BCUT2D eigenvalue weighted by Crippen LogP contribution is 2.25. The minimum absolute atomic E-state index is 0.0137. The van der Waals surface area contributed by atoms with Gasteiger partial charge in [-0.1, -0.05) is 0 Å². The molecule has 1 atom stereocenters. The number of fused-ring (bicyclic) bond motifs is 1. The van der Waals surface area contributed by atoms with Crippen molar-refractivity contribution in [3.8, 4) is 0 Å². The Hall–Kier alpha value is -1.78. The van der Waals surface area contributed by atoms with Gasteiger partial charge in [0.1, 0.15) is 12.1 Å². The van der Waals surface area contributed by atoms with Crippen LogP contribution in [0.2, 0.25) is 0 Å². The second-order valence-corrected chi connectivity index (χ2v) is 7.48. The van der Waals surface area contributed by atoms with Crippen molar-refractivity contribution < 1.29 is 13.5 Å². The summed E-state index contributed by atoms with van der Waals surface area (Å²) < 4.78 is 27.2. The van der Waals surface area contributed by atoms with Crippen molar-refractivity contribution in [2.75, 3.05) is 30.9 Å². The third kappa shape index (κ3) is 3.59. The first-order valence-corrected chi connectivity index (χ1v) is 9.36. The number of nitrogens with zero attached hydrogens (tertiary/aromatic N) is 5. The first-order chi connectivity index (χ1) is 11.0. The van der Waals surface area contributed by atoms with Gasteiger partial charge in [0.05, 0.1) is 31.0 Å². The molecule has 1 saturated heterocycles. The Labute approximate surface area is 134 Å². The molecule has 0 aromatic carbocycles. The molecule has 0 spiro atoms. The van der Waals surface area contributed by atoms with Crippen LogP contribution in [0.4, 0.5) is 5.82 Å². The van der Waals surface area contributed by atoms with Gasteiger partial charge in [-0.15, -0.1) is 0 Å². The van der Waals surface area contributed by atoms with Crippen molar-refractivity contribution in [1.29, 1.82) is 0 Å². The molecule has 0 amide bonds. The van der Waals surface area contributed by atoms with Gasteiger partial charge in [0.25, 0.3) is 0 Å². The van der Waals surface area contributed by atoms with Gasteiger partial charge < -0.3 is 10.0 Å². The fraction of sp³-hybridized carbons (Fsp3) is 0.615. The average Bonchev–Trinajstić information content (AvgIpc) is 2.89. The summed E-state index contributed by atoms with van der Waals surface area (Å²) in [6.45, 7) is 1.72. The van der Waals surface area contributed by atoms with Crippen LogP contribution in [0.25, 0.3) is 11.0 Å². The Balaban J connectivity index is 1.87. The fourth-order valence-corrected chi connectivity index (χ4v) is 3.76. The Morgan fingerprint density at radius 2 is 2.26 bits per heavy atom. The molecule has 2 aromatic rings. The fourth-order valence-electron chi connectivity index (χ4n) is 2.96. The van der Waals surface area contributed by atoms with Crippen LogP contribution in [-0.2, 0) is 16.6 Å². The summed E-state index contributed by atoms with van der Waals surface area (Å²) in [5.41, 5.74) is 0.669. The molecule has 1 fully saturated rings. The van der Waals surface area contributed by atoms with Crippen molar-refractivity contribution in [3.63, 3.8) is 0 Å². The first-order valence-electron chi connectivity index (χ1n) is 7.47. The van der Waals surface area contributed by atoms with E-state index in [0.29, 0.717) is 18.7 Å². The van der Waals surface area contributed by atoms with Gasteiger partial charge in [0.2, 0.25) is 10.0 Å². The molecule has 0 radical (unpaired) electrons. The highest BCUT2D eigenvalue weighted by Gasteiger charge is 2.25. The van der Waals surface area contributed by atoms with Crippen molar-refractivity contribution in [3.05, 3.63) is 12.5 Å². The van der Waals surface area contributed by atoms with Gasteiger partial charge in [-0.2, -0.15) is 5.10 Å². The monoisotopic (exact) mass is 340 g/mol. The number of anilines is 1. The van der Waals surface area contributed by atoms with Crippen LogP contribution in [0.15, 0.2) is 12.5 Å². The third-order valence-electron chi connectivity index (χ3n) is 3.83. The third-order valence-corrected chi connectivity index (χ3v) is 4.59. The predicted octanol–water partition coefficient (Wildman–Crippen LogP) is -0.663.